The number of anilines is 2. The highest BCUT2D eigenvalue weighted by atomic mass is 19.3. The molecule has 0 fully saturated rings. The molecule has 1 atom stereocenters. The van der Waals surface area contributed by atoms with Crippen molar-refractivity contribution < 1.29 is 28.0 Å². The van der Waals surface area contributed by atoms with Crippen molar-refractivity contribution in [2.24, 2.45) is 0 Å². The van der Waals surface area contributed by atoms with E-state index in [0.29, 0.717) is 5.69 Å². The van der Waals surface area contributed by atoms with Gasteiger partial charge >= 0.3 is 6.61 Å². The van der Waals surface area contributed by atoms with Crippen LogP contribution in [0.2, 0.25) is 0 Å². The monoisotopic (exact) mass is 381 g/mol. The number of methoxy groups -OCH3 is 1. The fourth-order valence-electron chi connectivity index (χ4n) is 2.20. The van der Waals surface area contributed by atoms with Crippen molar-refractivity contribution in [1.82, 2.24) is 0 Å². The van der Waals surface area contributed by atoms with Crippen LogP contribution in [0.4, 0.5) is 25.8 Å². The molecule has 0 aromatic heterocycles. The number of hydrogen-bond acceptors (Lipinski definition) is 6. The van der Waals surface area contributed by atoms with Crippen LogP contribution >= 0.6 is 0 Å². The predicted octanol–water partition coefficient (Wildman–Crippen LogP) is 3.64. The minimum absolute atomic E-state index is 0.00557. The average molecular weight is 381 g/mol. The minimum Gasteiger partial charge on any atom is -0.495 e. The third-order valence-corrected chi connectivity index (χ3v) is 3.51. The molecule has 0 saturated carbocycles. The van der Waals surface area contributed by atoms with Crippen LogP contribution in [0.5, 0.6) is 11.5 Å². The van der Waals surface area contributed by atoms with E-state index < -0.39 is 23.5 Å². The Labute approximate surface area is 153 Å². The first-order valence-corrected chi connectivity index (χ1v) is 7.75. The van der Waals surface area contributed by atoms with E-state index in [0.717, 1.165) is 0 Å². The predicted molar refractivity (Wildman–Crippen MR) is 94.4 cm³/mol. The Bertz CT molecular complexity index is 815. The van der Waals surface area contributed by atoms with E-state index in [1.165, 1.54) is 49.6 Å². The largest absolute Gasteiger partial charge is 0.495 e. The SMILES string of the molecule is COc1ccc([N+](=O)[O-])cc1NC(=O)[C@H](C)Nc1ccc(OC(F)F)cc1. The highest BCUT2D eigenvalue weighted by Gasteiger charge is 2.18. The quantitative estimate of drug-likeness (QED) is 0.535. The van der Waals surface area contributed by atoms with Gasteiger partial charge in [0.1, 0.15) is 17.5 Å². The first kappa shape index (κ1) is 19.9. The number of amides is 1. The van der Waals surface area contributed by atoms with Gasteiger partial charge in [-0.2, -0.15) is 8.78 Å². The molecule has 0 bridgehead atoms. The zero-order valence-electron chi connectivity index (χ0n) is 14.4. The molecule has 2 aromatic carbocycles. The van der Waals surface area contributed by atoms with Gasteiger partial charge in [-0.05, 0) is 37.3 Å². The standard InChI is InChI=1S/C17H17F2N3O5/c1-10(20-11-3-6-13(7-4-11)27-17(18)19)16(23)21-14-9-12(22(24)25)5-8-15(14)26-2/h3-10,17,20H,1-2H3,(H,21,23)/t10-/m0/s1. The Balaban J connectivity index is 2.05. The van der Waals surface area contributed by atoms with Gasteiger partial charge in [0.2, 0.25) is 5.91 Å². The number of alkyl halides is 2. The fraction of sp³-hybridized carbons (Fsp3) is 0.235. The maximum Gasteiger partial charge on any atom is 0.387 e. The van der Waals surface area contributed by atoms with Crippen LogP contribution in [0.25, 0.3) is 0 Å². The molecule has 0 spiro atoms. The van der Waals surface area contributed by atoms with Crippen molar-refractivity contribution in [3.8, 4) is 11.5 Å². The number of nitrogens with zero attached hydrogens (tertiary/aromatic N) is 1. The van der Waals surface area contributed by atoms with E-state index in [1.807, 2.05) is 0 Å². The van der Waals surface area contributed by atoms with Gasteiger partial charge in [0, 0.05) is 17.8 Å². The molecule has 0 radical (unpaired) electrons. The van der Waals surface area contributed by atoms with Crippen LogP contribution in [0, 0.1) is 10.1 Å². The van der Waals surface area contributed by atoms with Gasteiger partial charge in [-0.25, -0.2) is 0 Å². The lowest BCUT2D eigenvalue weighted by molar-refractivity contribution is -0.384. The number of nitro benzene ring substituents is 1. The highest BCUT2D eigenvalue weighted by molar-refractivity contribution is 5.97. The van der Waals surface area contributed by atoms with Gasteiger partial charge in [-0.15, -0.1) is 0 Å². The number of carbonyl (C=O) groups excluding carboxylic acids is 1. The Hall–Kier alpha value is -3.43. The lowest BCUT2D eigenvalue weighted by atomic mass is 10.2. The summed E-state index contributed by atoms with van der Waals surface area (Å²) in [6.07, 6.45) is 0. The van der Waals surface area contributed by atoms with E-state index in [2.05, 4.69) is 15.4 Å². The molecule has 1 amide bonds. The zero-order chi connectivity index (χ0) is 20.0. The number of rotatable bonds is 8. The Morgan fingerprint density at radius 1 is 1.19 bits per heavy atom. The maximum atomic E-state index is 12.4. The van der Waals surface area contributed by atoms with Gasteiger partial charge in [-0.3, -0.25) is 14.9 Å². The second-order valence-corrected chi connectivity index (χ2v) is 5.40. The molecule has 144 valence electrons. The van der Waals surface area contributed by atoms with E-state index in [4.69, 9.17) is 4.74 Å². The highest BCUT2D eigenvalue weighted by Crippen LogP contribution is 2.29. The lowest BCUT2D eigenvalue weighted by Gasteiger charge is -2.17. The summed E-state index contributed by atoms with van der Waals surface area (Å²) in [4.78, 5) is 22.7. The second-order valence-electron chi connectivity index (χ2n) is 5.40. The van der Waals surface area contributed by atoms with Gasteiger partial charge in [0.25, 0.3) is 5.69 Å². The van der Waals surface area contributed by atoms with Gasteiger partial charge < -0.3 is 20.1 Å². The van der Waals surface area contributed by atoms with Crippen molar-refractivity contribution >= 4 is 23.0 Å². The third-order valence-electron chi connectivity index (χ3n) is 3.51. The molecule has 2 rings (SSSR count). The summed E-state index contributed by atoms with van der Waals surface area (Å²) in [5, 5.41) is 16.3. The summed E-state index contributed by atoms with van der Waals surface area (Å²) in [7, 11) is 1.38. The maximum absolute atomic E-state index is 12.4. The van der Waals surface area contributed by atoms with Crippen molar-refractivity contribution in [3.05, 3.63) is 52.6 Å². The zero-order valence-corrected chi connectivity index (χ0v) is 14.4. The summed E-state index contributed by atoms with van der Waals surface area (Å²) in [6, 6.07) is 8.75. The first-order valence-electron chi connectivity index (χ1n) is 7.75. The molecular weight excluding hydrogens is 364 g/mol. The fourth-order valence-corrected chi connectivity index (χ4v) is 2.20. The molecule has 0 aliphatic heterocycles. The molecule has 2 aromatic rings. The molecule has 2 N–H and O–H groups in total. The number of ether oxygens (including phenoxy) is 2. The summed E-state index contributed by atoms with van der Waals surface area (Å²) in [5.41, 5.74) is 0.470. The van der Waals surface area contributed by atoms with Crippen molar-refractivity contribution in [2.75, 3.05) is 17.7 Å². The van der Waals surface area contributed by atoms with Crippen LogP contribution in [0.3, 0.4) is 0 Å². The molecule has 27 heavy (non-hydrogen) atoms. The van der Waals surface area contributed by atoms with Gasteiger partial charge in [0.15, 0.2) is 0 Å². The van der Waals surface area contributed by atoms with Crippen LogP contribution in [-0.2, 0) is 4.79 Å². The molecule has 8 nitrogen and oxygen atoms in total. The smallest absolute Gasteiger partial charge is 0.387 e. The third kappa shape index (κ3) is 5.53. The Morgan fingerprint density at radius 2 is 1.85 bits per heavy atom. The lowest BCUT2D eigenvalue weighted by Crippen LogP contribution is -2.32. The summed E-state index contributed by atoms with van der Waals surface area (Å²) < 4.78 is 33.6. The second kappa shape index (κ2) is 8.79. The molecule has 0 heterocycles. The topological polar surface area (TPSA) is 103 Å². The van der Waals surface area contributed by atoms with Crippen molar-refractivity contribution in [3.63, 3.8) is 0 Å². The van der Waals surface area contributed by atoms with E-state index in [-0.39, 0.29) is 22.9 Å². The summed E-state index contributed by atoms with van der Waals surface area (Å²) in [6.45, 7) is -1.35. The number of nitro groups is 1. The van der Waals surface area contributed by atoms with Crippen LogP contribution in [-0.4, -0.2) is 30.6 Å². The van der Waals surface area contributed by atoms with E-state index >= 15 is 0 Å². The molecule has 0 aliphatic rings. The number of halogens is 2. The number of nitrogens with one attached hydrogen (secondary N) is 2. The van der Waals surface area contributed by atoms with E-state index in [9.17, 15) is 23.7 Å². The average Bonchev–Trinajstić information content (AvgIpc) is 2.62. The Morgan fingerprint density at radius 3 is 2.41 bits per heavy atom. The summed E-state index contributed by atoms with van der Waals surface area (Å²) in [5.74, 6) is -0.203. The molecule has 0 saturated heterocycles. The number of benzene rings is 2. The minimum atomic E-state index is -2.92. The number of non-ortho nitro benzene ring substituents is 1. The first-order chi connectivity index (χ1) is 12.8. The van der Waals surface area contributed by atoms with Crippen molar-refractivity contribution in [1.29, 1.82) is 0 Å². The van der Waals surface area contributed by atoms with Crippen LogP contribution in [0.15, 0.2) is 42.5 Å². The molecule has 0 aliphatic carbocycles. The van der Waals surface area contributed by atoms with Crippen LogP contribution in [0.1, 0.15) is 6.92 Å². The van der Waals surface area contributed by atoms with Gasteiger partial charge in [-0.1, -0.05) is 0 Å². The Kier molecular flexibility index (Phi) is 6.47. The number of hydrogen-bond donors (Lipinski definition) is 2. The number of carbonyl (C=O) groups is 1. The van der Waals surface area contributed by atoms with Crippen molar-refractivity contribution in [2.45, 2.75) is 19.6 Å². The molecule has 10 heteroatoms. The van der Waals surface area contributed by atoms with Gasteiger partial charge in [0.05, 0.1) is 17.7 Å². The molecular formula is C17H17F2N3O5. The van der Waals surface area contributed by atoms with E-state index in [1.54, 1.807) is 6.92 Å². The molecule has 0 unspecified atom stereocenters. The summed E-state index contributed by atoms with van der Waals surface area (Å²) >= 11 is 0. The normalized spacial score (nSPS) is 11.6. The van der Waals surface area contributed by atoms with Crippen LogP contribution < -0.4 is 20.1 Å².